The van der Waals surface area contributed by atoms with E-state index in [4.69, 9.17) is 16.0 Å². The lowest BCUT2D eigenvalue weighted by atomic mass is 10.2. The second-order valence-corrected chi connectivity index (χ2v) is 5.39. The molecule has 0 saturated carbocycles. The monoisotopic (exact) mass is 328 g/mol. The van der Waals surface area contributed by atoms with Crippen LogP contribution in [0, 0.1) is 0 Å². The lowest BCUT2D eigenvalue weighted by Crippen LogP contribution is -2.11. The highest BCUT2D eigenvalue weighted by molar-refractivity contribution is 6.34. The summed E-state index contributed by atoms with van der Waals surface area (Å²) >= 11 is 6.08. The molecule has 3 rings (SSSR count). The molecule has 3 aromatic rings. The van der Waals surface area contributed by atoms with Crippen molar-refractivity contribution in [3.05, 3.63) is 59.3 Å². The number of amides is 2. The number of carbonyl (C=O) groups excluding carboxylic acids is 2. The van der Waals surface area contributed by atoms with Crippen molar-refractivity contribution >= 4 is 45.8 Å². The van der Waals surface area contributed by atoms with Gasteiger partial charge in [-0.15, -0.1) is 0 Å². The maximum Gasteiger partial charge on any atom is 0.291 e. The van der Waals surface area contributed by atoms with Crippen LogP contribution in [0.2, 0.25) is 5.02 Å². The van der Waals surface area contributed by atoms with Crippen molar-refractivity contribution in [2.75, 3.05) is 10.6 Å². The molecule has 0 atom stereocenters. The molecular formula is C17H13ClN2O3. The number of halogens is 1. The number of carbonyl (C=O) groups is 2. The average molecular weight is 329 g/mol. The number of para-hydroxylation sites is 1. The normalized spacial score (nSPS) is 10.5. The van der Waals surface area contributed by atoms with Crippen LogP contribution in [0.15, 0.2) is 52.9 Å². The van der Waals surface area contributed by atoms with Gasteiger partial charge in [-0.1, -0.05) is 29.8 Å². The van der Waals surface area contributed by atoms with E-state index in [2.05, 4.69) is 10.6 Å². The fraction of sp³-hybridized carbons (Fsp3) is 0.0588. The Hall–Kier alpha value is -2.79. The molecule has 2 N–H and O–H groups in total. The van der Waals surface area contributed by atoms with Crippen LogP contribution in [0.25, 0.3) is 11.0 Å². The van der Waals surface area contributed by atoms with Gasteiger partial charge in [-0.25, -0.2) is 0 Å². The maximum atomic E-state index is 12.2. The Morgan fingerprint density at radius 3 is 2.52 bits per heavy atom. The third-order valence-electron chi connectivity index (χ3n) is 3.19. The van der Waals surface area contributed by atoms with E-state index in [0.717, 1.165) is 5.39 Å². The highest BCUT2D eigenvalue weighted by Crippen LogP contribution is 2.26. The fourth-order valence-corrected chi connectivity index (χ4v) is 2.40. The second kappa shape index (κ2) is 6.14. The molecular weight excluding hydrogens is 316 g/mol. The van der Waals surface area contributed by atoms with Gasteiger partial charge in [0.2, 0.25) is 5.91 Å². The summed E-state index contributed by atoms with van der Waals surface area (Å²) in [4.78, 5) is 23.3. The topological polar surface area (TPSA) is 71.3 Å². The first-order valence-corrected chi connectivity index (χ1v) is 7.28. The first-order chi connectivity index (χ1) is 11.0. The Morgan fingerprint density at radius 1 is 1.04 bits per heavy atom. The predicted molar refractivity (Wildman–Crippen MR) is 89.9 cm³/mol. The fourth-order valence-electron chi connectivity index (χ4n) is 2.17. The number of hydrogen-bond acceptors (Lipinski definition) is 3. The van der Waals surface area contributed by atoms with Crippen molar-refractivity contribution in [1.82, 2.24) is 0 Å². The van der Waals surface area contributed by atoms with Crippen LogP contribution in [0.4, 0.5) is 11.4 Å². The van der Waals surface area contributed by atoms with E-state index in [-0.39, 0.29) is 17.6 Å². The first kappa shape index (κ1) is 15.1. The van der Waals surface area contributed by atoms with Crippen molar-refractivity contribution in [2.45, 2.75) is 6.92 Å². The van der Waals surface area contributed by atoms with Crippen molar-refractivity contribution in [3.8, 4) is 0 Å². The van der Waals surface area contributed by atoms with Crippen LogP contribution in [-0.4, -0.2) is 11.8 Å². The molecule has 2 amide bonds. The molecule has 23 heavy (non-hydrogen) atoms. The largest absolute Gasteiger partial charge is 0.451 e. The minimum absolute atomic E-state index is 0.216. The number of hydrogen-bond donors (Lipinski definition) is 2. The third kappa shape index (κ3) is 3.35. The van der Waals surface area contributed by atoms with Crippen molar-refractivity contribution in [2.24, 2.45) is 0 Å². The van der Waals surface area contributed by atoms with Gasteiger partial charge in [-0.2, -0.15) is 0 Å². The van der Waals surface area contributed by atoms with Gasteiger partial charge in [0.25, 0.3) is 5.91 Å². The van der Waals surface area contributed by atoms with Crippen molar-refractivity contribution < 1.29 is 14.0 Å². The average Bonchev–Trinajstić information content (AvgIpc) is 2.94. The van der Waals surface area contributed by atoms with Crippen LogP contribution in [0.1, 0.15) is 17.5 Å². The molecule has 0 fully saturated rings. The zero-order valence-corrected chi connectivity index (χ0v) is 13.0. The molecule has 0 aliphatic carbocycles. The van der Waals surface area contributed by atoms with E-state index in [9.17, 15) is 9.59 Å². The van der Waals surface area contributed by atoms with Gasteiger partial charge >= 0.3 is 0 Å². The molecule has 1 aromatic heterocycles. The van der Waals surface area contributed by atoms with Crippen molar-refractivity contribution in [1.29, 1.82) is 0 Å². The molecule has 0 saturated heterocycles. The quantitative estimate of drug-likeness (QED) is 0.753. The van der Waals surface area contributed by atoms with Gasteiger partial charge in [-0.3, -0.25) is 9.59 Å². The van der Waals surface area contributed by atoms with Gasteiger partial charge < -0.3 is 15.1 Å². The van der Waals surface area contributed by atoms with Crippen LogP contribution in [-0.2, 0) is 4.79 Å². The lowest BCUT2D eigenvalue weighted by molar-refractivity contribution is -0.114. The molecule has 0 spiro atoms. The van der Waals surface area contributed by atoms with Gasteiger partial charge in [0, 0.05) is 18.0 Å². The Kier molecular flexibility index (Phi) is 4.04. The Balaban J connectivity index is 1.79. The summed E-state index contributed by atoms with van der Waals surface area (Å²) in [7, 11) is 0. The number of fused-ring (bicyclic) bond motifs is 1. The molecule has 0 aliphatic heterocycles. The Bertz CT molecular complexity index is 869. The summed E-state index contributed by atoms with van der Waals surface area (Å²) in [6, 6.07) is 13.9. The van der Waals surface area contributed by atoms with Gasteiger partial charge in [0.15, 0.2) is 5.76 Å². The third-order valence-corrected chi connectivity index (χ3v) is 3.50. The molecule has 1 heterocycles. The minimum atomic E-state index is -0.371. The smallest absolute Gasteiger partial charge is 0.291 e. The zero-order chi connectivity index (χ0) is 16.4. The highest BCUT2D eigenvalue weighted by Gasteiger charge is 2.13. The van der Waals surface area contributed by atoms with E-state index in [1.165, 1.54) is 6.92 Å². The standard InChI is InChI=1S/C17H13ClN2O3/c1-10(21)19-14-7-6-12(9-13(14)18)20-17(22)16-8-11-4-2-3-5-15(11)23-16/h2-9H,1H3,(H,19,21)(H,20,22). The van der Waals surface area contributed by atoms with E-state index >= 15 is 0 Å². The van der Waals surface area contributed by atoms with E-state index < -0.39 is 0 Å². The number of nitrogens with one attached hydrogen (secondary N) is 2. The summed E-state index contributed by atoms with van der Waals surface area (Å²) in [5.74, 6) is -0.372. The van der Waals surface area contributed by atoms with E-state index in [1.807, 2.05) is 18.2 Å². The number of rotatable bonds is 3. The molecule has 2 aromatic carbocycles. The van der Waals surface area contributed by atoms with Gasteiger partial charge in [0.05, 0.1) is 10.7 Å². The van der Waals surface area contributed by atoms with Crippen molar-refractivity contribution in [3.63, 3.8) is 0 Å². The number of benzene rings is 2. The molecule has 0 bridgehead atoms. The highest BCUT2D eigenvalue weighted by atomic mass is 35.5. The molecule has 6 heteroatoms. The maximum absolute atomic E-state index is 12.2. The molecule has 0 unspecified atom stereocenters. The molecule has 0 radical (unpaired) electrons. The summed E-state index contributed by atoms with van der Waals surface area (Å²) in [6.07, 6.45) is 0. The Morgan fingerprint density at radius 2 is 1.83 bits per heavy atom. The van der Waals surface area contributed by atoms with E-state index in [1.54, 1.807) is 30.3 Å². The summed E-state index contributed by atoms with van der Waals surface area (Å²) in [5.41, 5.74) is 1.65. The van der Waals surface area contributed by atoms with Crippen LogP contribution < -0.4 is 10.6 Å². The summed E-state index contributed by atoms with van der Waals surface area (Å²) < 4.78 is 5.51. The lowest BCUT2D eigenvalue weighted by Gasteiger charge is -2.08. The molecule has 0 aliphatic rings. The molecule has 5 nitrogen and oxygen atoms in total. The second-order valence-electron chi connectivity index (χ2n) is 4.98. The summed E-state index contributed by atoms with van der Waals surface area (Å²) in [6.45, 7) is 1.40. The van der Waals surface area contributed by atoms with Crippen LogP contribution >= 0.6 is 11.6 Å². The molecule has 116 valence electrons. The van der Waals surface area contributed by atoms with Crippen LogP contribution in [0.3, 0.4) is 0 Å². The van der Waals surface area contributed by atoms with E-state index in [0.29, 0.717) is 22.0 Å². The van der Waals surface area contributed by atoms with Gasteiger partial charge in [-0.05, 0) is 30.3 Å². The summed E-state index contributed by atoms with van der Waals surface area (Å²) in [5, 5.41) is 6.51. The number of furan rings is 1. The first-order valence-electron chi connectivity index (χ1n) is 6.90. The SMILES string of the molecule is CC(=O)Nc1ccc(NC(=O)c2cc3ccccc3o2)cc1Cl. The van der Waals surface area contributed by atoms with Gasteiger partial charge in [0.1, 0.15) is 5.58 Å². The number of anilines is 2. The predicted octanol–water partition coefficient (Wildman–Crippen LogP) is 4.30. The zero-order valence-electron chi connectivity index (χ0n) is 12.2. The minimum Gasteiger partial charge on any atom is -0.451 e. The Labute approximate surface area is 137 Å². The van der Waals surface area contributed by atoms with Crippen LogP contribution in [0.5, 0.6) is 0 Å².